The fraction of sp³-hybridized carbons (Fsp3) is 0.111. The van der Waals surface area contributed by atoms with E-state index < -0.39 is 5.97 Å². The molecule has 0 atom stereocenters. The number of aryl methyl sites for hydroxylation is 1. The summed E-state index contributed by atoms with van der Waals surface area (Å²) in [5, 5.41) is 9.75. The van der Waals surface area contributed by atoms with Crippen LogP contribution < -0.4 is 4.74 Å². The van der Waals surface area contributed by atoms with Gasteiger partial charge in [0.2, 0.25) is 0 Å². The Morgan fingerprint density at radius 2 is 1.86 bits per heavy atom. The van der Waals surface area contributed by atoms with Gasteiger partial charge in [-0.2, -0.15) is 0 Å². The first kappa shape index (κ1) is 14.1. The maximum atomic E-state index is 10.5. The molecule has 0 aliphatic heterocycles. The predicted molar refractivity (Wildman–Crippen MR) is 85.0 cm³/mol. The van der Waals surface area contributed by atoms with Crippen molar-refractivity contribution < 1.29 is 14.6 Å². The monoisotopic (exact) mass is 293 g/mol. The first-order valence-electron chi connectivity index (χ1n) is 6.95. The van der Waals surface area contributed by atoms with E-state index in [-0.39, 0.29) is 6.61 Å². The Balaban J connectivity index is 1.92. The molecule has 110 valence electrons. The fourth-order valence-corrected chi connectivity index (χ4v) is 2.36. The molecule has 1 aromatic heterocycles. The number of para-hydroxylation sites is 1. The van der Waals surface area contributed by atoms with E-state index in [0.717, 1.165) is 22.2 Å². The number of aliphatic carboxylic acids is 1. The van der Waals surface area contributed by atoms with E-state index >= 15 is 0 Å². The summed E-state index contributed by atoms with van der Waals surface area (Å²) in [6.45, 7) is 1.73. The van der Waals surface area contributed by atoms with Crippen molar-refractivity contribution in [3.05, 3.63) is 60.2 Å². The molecule has 0 spiro atoms. The summed E-state index contributed by atoms with van der Waals surface area (Å²) < 4.78 is 5.13. The maximum absolute atomic E-state index is 10.5. The third kappa shape index (κ3) is 2.91. The molecule has 0 saturated carbocycles. The Morgan fingerprint density at radius 1 is 1.14 bits per heavy atom. The minimum Gasteiger partial charge on any atom is -0.482 e. The van der Waals surface area contributed by atoms with Gasteiger partial charge in [0.25, 0.3) is 0 Å². The van der Waals surface area contributed by atoms with E-state index in [1.54, 1.807) is 12.1 Å². The van der Waals surface area contributed by atoms with Gasteiger partial charge in [0.05, 0.1) is 11.2 Å². The van der Waals surface area contributed by atoms with Gasteiger partial charge in [0, 0.05) is 10.9 Å². The Labute approximate surface area is 128 Å². The Kier molecular flexibility index (Phi) is 3.74. The average molecular weight is 293 g/mol. The molecule has 0 radical (unpaired) electrons. The normalized spacial score (nSPS) is 10.6. The number of fused-ring (bicyclic) bond motifs is 1. The minimum absolute atomic E-state index is 0.341. The molecule has 4 nitrogen and oxygen atoms in total. The molecule has 1 heterocycles. The number of aromatic nitrogens is 1. The molecule has 0 aliphatic rings. The minimum atomic E-state index is -0.990. The molecule has 0 saturated heterocycles. The van der Waals surface area contributed by atoms with Crippen LogP contribution in [0.25, 0.3) is 22.2 Å². The van der Waals surface area contributed by atoms with Crippen LogP contribution in [-0.4, -0.2) is 22.7 Å². The molecule has 2 aromatic carbocycles. The molecule has 0 amide bonds. The lowest BCUT2D eigenvalue weighted by molar-refractivity contribution is -0.139. The molecule has 0 unspecified atom stereocenters. The van der Waals surface area contributed by atoms with Crippen molar-refractivity contribution in [2.75, 3.05) is 6.61 Å². The van der Waals surface area contributed by atoms with Crippen LogP contribution in [0.5, 0.6) is 5.75 Å². The average Bonchev–Trinajstić information content (AvgIpc) is 2.53. The first-order valence-corrected chi connectivity index (χ1v) is 6.95. The van der Waals surface area contributed by atoms with Gasteiger partial charge in [0.15, 0.2) is 6.61 Å². The van der Waals surface area contributed by atoms with Crippen molar-refractivity contribution >= 4 is 16.9 Å². The summed E-state index contributed by atoms with van der Waals surface area (Å²) in [6, 6.07) is 17.4. The van der Waals surface area contributed by atoms with Crippen LogP contribution in [0.1, 0.15) is 5.56 Å². The largest absolute Gasteiger partial charge is 0.482 e. The number of rotatable bonds is 4. The molecule has 0 aliphatic carbocycles. The number of nitrogens with zero attached hydrogens (tertiary/aromatic N) is 1. The summed E-state index contributed by atoms with van der Waals surface area (Å²) in [7, 11) is 0. The molecular formula is C18H15NO3. The van der Waals surface area contributed by atoms with Crippen LogP contribution in [-0.2, 0) is 4.79 Å². The van der Waals surface area contributed by atoms with Crippen LogP contribution in [0.15, 0.2) is 54.6 Å². The molecule has 1 N–H and O–H groups in total. The summed E-state index contributed by atoms with van der Waals surface area (Å²) >= 11 is 0. The molecule has 22 heavy (non-hydrogen) atoms. The second kappa shape index (κ2) is 5.85. The second-order valence-electron chi connectivity index (χ2n) is 5.05. The van der Waals surface area contributed by atoms with E-state index in [0.29, 0.717) is 5.75 Å². The predicted octanol–water partition coefficient (Wildman–Crippen LogP) is 3.67. The maximum Gasteiger partial charge on any atom is 0.341 e. The Hall–Kier alpha value is -2.88. The van der Waals surface area contributed by atoms with E-state index in [2.05, 4.69) is 24.0 Å². The number of hydrogen-bond donors (Lipinski definition) is 1. The van der Waals surface area contributed by atoms with Gasteiger partial charge in [-0.25, -0.2) is 9.78 Å². The van der Waals surface area contributed by atoms with Gasteiger partial charge in [-0.3, -0.25) is 0 Å². The molecule has 4 heteroatoms. The smallest absolute Gasteiger partial charge is 0.341 e. The number of carbonyl (C=O) groups is 1. The van der Waals surface area contributed by atoms with Crippen molar-refractivity contribution in [3.8, 4) is 17.0 Å². The zero-order valence-electron chi connectivity index (χ0n) is 12.1. The molecule has 0 bridgehead atoms. The number of hydrogen-bond acceptors (Lipinski definition) is 3. The van der Waals surface area contributed by atoms with Crippen molar-refractivity contribution in [3.63, 3.8) is 0 Å². The fourth-order valence-electron chi connectivity index (χ4n) is 2.36. The van der Waals surface area contributed by atoms with Crippen LogP contribution in [0.2, 0.25) is 0 Å². The van der Waals surface area contributed by atoms with E-state index in [1.807, 2.05) is 30.3 Å². The van der Waals surface area contributed by atoms with Crippen molar-refractivity contribution in [2.45, 2.75) is 6.92 Å². The standard InChI is InChI=1S/C18H15NO3/c1-12-10-17(19-16-5-3-2-4-15(12)16)13-6-8-14(9-7-13)22-11-18(20)21/h2-10H,11H2,1H3,(H,20,21). The van der Waals surface area contributed by atoms with E-state index in [1.165, 1.54) is 5.56 Å². The lowest BCUT2D eigenvalue weighted by Crippen LogP contribution is -2.09. The van der Waals surface area contributed by atoms with Crippen LogP contribution in [0.3, 0.4) is 0 Å². The molecule has 3 aromatic rings. The van der Waals surface area contributed by atoms with Crippen LogP contribution in [0.4, 0.5) is 0 Å². The summed E-state index contributed by atoms with van der Waals surface area (Å²) in [5.74, 6) is -0.459. The van der Waals surface area contributed by atoms with Gasteiger partial charge < -0.3 is 9.84 Å². The summed E-state index contributed by atoms with van der Waals surface area (Å²) in [4.78, 5) is 15.2. The van der Waals surface area contributed by atoms with Gasteiger partial charge >= 0.3 is 5.97 Å². The third-order valence-electron chi connectivity index (χ3n) is 3.44. The molecule has 0 fully saturated rings. The number of pyridine rings is 1. The lowest BCUT2D eigenvalue weighted by Gasteiger charge is -2.08. The van der Waals surface area contributed by atoms with Gasteiger partial charge in [-0.05, 0) is 48.9 Å². The lowest BCUT2D eigenvalue weighted by atomic mass is 10.1. The number of ether oxygens (including phenoxy) is 1. The second-order valence-corrected chi connectivity index (χ2v) is 5.05. The van der Waals surface area contributed by atoms with Crippen molar-refractivity contribution in [1.29, 1.82) is 0 Å². The topological polar surface area (TPSA) is 59.4 Å². The quantitative estimate of drug-likeness (QED) is 0.797. The highest BCUT2D eigenvalue weighted by atomic mass is 16.5. The van der Waals surface area contributed by atoms with E-state index in [9.17, 15) is 4.79 Å². The number of benzene rings is 2. The summed E-state index contributed by atoms with van der Waals surface area (Å²) in [6.07, 6.45) is 0. The zero-order valence-corrected chi connectivity index (χ0v) is 12.1. The Morgan fingerprint density at radius 3 is 2.59 bits per heavy atom. The highest BCUT2D eigenvalue weighted by Gasteiger charge is 2.05. The highest BCUT2D eigenvalue weighted by Crippen LogP contribution is 2.25. The van der Waals surface area contributed by atoms with Crippen molar-refractivity contribution in [2.24, 2.45) is 0 Å². The van der Waals surface area contributed by atoms with Crippen molar-refractivity contribution in [1.82, 2.24) is 4.98 Å². The third-order valence-corrected chi connectivity index (χ3v) is 3.44. The summed E-state index contributed by atoms with van der Waals surface area (Å²) in [5.41, 5.74) is 3.99. The first-order chi connectivity index (χ1) is 10.6. The van der Waals surface area contributed by atoms with Gasteiger partial charge in [-0.1, -0.05) is 18.2 Å². The number of carboxylic acid groups (broad SMARTS) is 1. The highest BCUT2D eigenvalue weighted by molar-refractivity contribution is 5.84. The van der Waals surface area contributed by atoms with E-state index in [4.69, 9.17) is 9.84 Å². The Bertz CT molecular complexity index is 825. The zero-order chi connectivity index (χ0) is 15.5. The SMILES string of the molecule is Cc1cc(-c2ccc(OCC(=O)O)cc2)nc2ccccc12. The number of carboxylic acids is 1. The van der Waals surface area contributed by atoms with Crippen LogP contribution >= 0.6 is 0 Å². The van der Waals surface area contributed by atoms with Gasteiger partial charge in [-0.15, -0.1) is 0 Å². The van der Waals surface area contributed by atoms with Crippen LogP contribution in [0, 0.1) is 6.92 Å². The molecule has 3 rings (SSSR count). The van der Waals surface area contributed by atoms with Gasteiger partial charge in [0.1, 0.15) is 5.75 Å². The molecular weight excluding hydrogens is 278 g/mol.